The van der Waals surface area contributed by atoms with E-state index >= 15 is 0 Å². The van der Waals surface area contributed by atoms with E-state index in [2.05, 4.69) is 52.1 Å². The number of morpholine rings is 1. The lowest BCUT2D eigenvalue weighted by Crippen LogP contribution is -2.44. The highest BCUT2D eigenvalue weighted by atomic mass is 79.9. The molecule has 0 saturated carbocycles. The number of hydrogen-bond acceptors (Lipinski definition) is 5. The van der Waals surface area contributed by atoms with E-state index in [1.165, 1.54) is 11.1 Å². The van der Waals surface area contributed by atoms with E-state index in [0.717, 1.165) is 34.0 Å². The van der Waals surface area contributed by atoms with E-state index in [4.69, 9.17) is 9.15 Å². The number of carbonyl (C=O) groups excluding carboxylic acids is 1. The maximum atomic E-state index is 12.5. The molecule has 0 radical (unpaired) electrons. The van der Waals surface area contributed by atoms with E-state index in [-0.39, 0.29) is 11.9 Å². The number of aryl methyl sites for hydroxylation is 3. The Kier molecular flexibility index (Phi) is 7.62. The number of nitrogens with one attached hydrogen (secondary N) is 1. The van der Waals surface area contributed by atoms with E-state index in [0.29, 0.717) is 25.5 Å². The maximum Gasteiger partial charge on any atom is 0.230 e. The Morgan fingerprint density at radius 2 is 1.96 bits per heavy atom. The van der Waals surface area contributed by atoms with Gasteiger partial charge in [-0.3, -0.25) is 9.69 Å². The zero-order chi connectivity index (χ0) is 20.1. The molecule has 1 saturated heterocycles. The van der Waals surface area contributed by atoms with E-state index in [9.17, 15) is 4.79 Å². The highest BCUT2D eigenvalue weighted by Crippen LogP contribution is 2.28. The van der Waals surface area contributed by atoms with Crippen LogP contribution in [0.2, 0.25) is 0 Å². The number of carbonyl (C=O) groups is 1. The van der Waals surface area contributed by atoms with Crippen LogP contribution in [0.5, 0.6) is 0 Å². The van der Waals surface area contributed by atoms with Gasteiger partial charge < -0.3 is 14.5 Å². The summed E-state index contributed by atoms with van der Waals surface area (Å²) in [6, 6.07) is 8.23. The molecule has 0 aliphatic carbocycles. The van der Waals surface area contributed by atoms with E-state index in [1.807, 2.05) is 19.1 Å². The van der Waals surface area contributed by atoms with E-state index in [1.54, 1.807) is 11.8 Å². The van der Waals surface area contributed by atoms with Gasteiger partial charge in [0, 0.05) is 29.0 Å². The summed E-state index contributed by atoms with van der Waals surface area (Å²) < 4.78 is 12.4. The number of hydrogen-bond donors (Lipinski definition) is 1. The van der Waals surface area contributed by atoms with Crippen LogP contribution in [-0.2, 0) is 9.53 Å². The van der Waals surface area contributed by atoms with Crippen molar-refractivity contribution in [1.82, 2.24) is 10.2 Å². The van der Waals surface area contributed by atoms with Gasteiger partial charge in [0.2, 0.25) is 5.91 Å². The van der Waals surface area contributed by atoms with Crippen molar-refractivity contribution in [3.8, 4) is 0 Å². The normalized spacial score (nSPS) is 16.1. The van der Waals surface area contributed by atoms with Crippen LogP contribution < -0.4 is 5.32 Å². The van der Waals surface area contributed by atoms with Gasteiger partial charge in [0.1, 0.15) is 11.5 Å². The molecule has 1 atom stereocenters. The molecule has 1 aliphatic rings. The third-order valence-corrected chi connectivity index (χ3v) is 6.90. The number of nitrogens with zero attached hydrogens (tertiary/aromatic N) is 1. The third kappa shape index (κ3) is 5.63. The molecule has 1 amide bonds. The number of thioether (sulfide) groups is 1. The van der Waals surface area contributed by atoms with Crippen LogP contribution in [0, 0.1) is 20.8 Å². The molecular formula is C21H27BrN2O3S. The molecule has 0 bridgehead atoms. The summed E-state index contributed by atoms with van der Waals surface area (Å²) >= 11 is 5.13. The number of amides is 1. The second-order valence-electron chi connectivity index (χ2n) is 7.07. The lowest BCUT2D eigenvalue weighted by molar-refractivity contribution is -0.118. The molecule has 28 heavy (non-hydrogen) atoms. The minimum atomic E-state index is 0.0308. The van der Waals surface area contributed by atoms with Gasteiger partial charge in [-0.25, -0.2) is 0 Å². The lowest BCUT2D eigenvalue weighted by atomic mass is 10.1. The van der Waals surface area contributed by atoms with Crippen molar-refractivity contribution in [2.75, 3.05) is 38.6 Å². The van der Waals surface area contributed by atoms with Gasteiger partial charge in [0.15, 0.2) is 0 Å². The molecule has 5 nitrogen and oxygen atoms in total. The average Bonchev–Trinajstić information content (AvgIpc) is 3.10. The molecule has 2 heterocycles. The average molecular weight is 467 g/mol. The van der Waals surface area contributed by atoms with Crippen molar-refractivity contribution in [2.45, 2.75) is 31.7 Å². The van der Waals surface area contributed by atoms with Crippen LogP contribution in [0.1, 0.15) is 28.7 Å². The first-order chi connectivity index (χ1) is 13.4. The van der Waals surface area contributed by atoms with Crippen LogP contribution in [-0.4, -0.2) is 49.4 Å². The minimum absolute atomic E-state index is 0.0308. The fourth-order valence-corrected chi connectivity index (χ4v) is 4.64. The van der Waals surface area contributed by atoms with Crippen LogP contribution >= 0.6 is 27.7 Å². The van der Waals surface area contributed by atoms with E-state index < -0.39 is 0 Å². The molecule has 2 aromatic rings. The molecular weight excluding hydrogens is 440 g/mol. The summed E-state index contributed by atoms with van der Waals surface area (Å²) in [5.74, 6) is 2.21. The van der Waals surface area contributed by atoms with Crippen LogP contribution in [0.25, 0.3) is 0 Å². The highest BCUT2D eigenvalue weighted by molar-refractivity contribution is 9.10. The zero-order valence-corrected chi connectivity index (χ0v) is 19.0. The van der Waals surface area contributed by atoms with Crippen LogP contribution in [0.4, 0.5) is 0 Å². The number of benzene rings is 1. The maximum absolute atomic E-state index is 12.5. The Balaban J connectivity index is 1.58. The number of furan rings is 1. The van der Waals surface area contributed by atoms with Crippen molar-refractivity contribution in [3.63, 3.8) is 0 Å². The molecule has 1 fully saturated rings. The Labute approximate surface area is 179 Å². The molecule has 1 N–H and O–H groups in total. The SMILES string of the molecule is Cc1ccc(C(CNC(=O)CSc2cc(C)c(Br)cc2C)N2CCOCC2)o1. The summed E-state index contributed by atoms with van der Waals surface area (Å²) in [5.41, 5.74) is 2.35. The summed E-state index contributed by atoms with van der Waals surface area (Å²) in [6.07, 6.45) is 0. The van der Waals surface area contributed by atoms with Crippen molar-refractivity contribution >= 4 is 33.6 Å². The lowest BCUT2D eigenvalue weighted by Gasteiger charge is -2.33. The molecule has 1 aromatic carbocycles. The Bertz CT molecular complexity index is 818. The Morgan fingerprint density at radius 3 is 2.64 bits per heavy atom. The van der Waals surface area contributed by atoms with Crippen molar-refractivity contribution in [1.29, 1.82) is 0 Å². The number of rotatable bonds is 7. The molecule has 1 unspecified atom stereocenters. The molecule has 0 spiro atoms. The third-order valence-electron chi connectivity index (χ3n) is 4.88. The Morgan fingerprint density at radius 1 is 1.21 bits per heavy atom. The molecule has 1 aliphatic heterocycles. The summed E-state index contributed by atoms with van der Waals surface area (Å²) in [7, 11) is 0. The van der Waals surface area contributed by atoms with Crippen LogP contribution in [0.15, 0.2) is 38.1 Å². The van der Waals surface area contributed by atoms with Crippen molar-refractivity contribution < 1.29 is 13.9 Å². The van der Waals surface area contributed by atoms with Gasteiger partial charge in [-0.2, -0.15) is 0 Å². The number of ether oxygens (including phenoxy) is 1. The smallest absolute Gasteiger partial charge is 0.230 e. The van der Waals surface area contributed by atoms with Crippen molar-refractivity contribution in [2.24, 2.45) is 0 Å². The second kappa shape index (κ2) is 9.96. The predicted molar refractivity (Wildman–Crippen MR) is 116 cm³/mol. The van der Waals surface area contributed by atoms with Gasteiger partial charge in [0.05, 0.1) is 25.0 Å². The summed E-state index contributed by atoms with van der Waals surface area (Å²) in [4.78, 5) is 15.9. The van der Waals surface area contributed by atoms with Gasteiger partial charge in [-0.05, 0) is 56.2 Å². The van der Waals surface area contributed by atoms with Gasteiger partial charge in [0.25, 0.3) is 0 Å². The molecule has 3 rings (SSSR count). The van der Waals surface area contributed by atoms with Gasteiger partial charge >= 0.3 is 0 Å². The minimum Gasteiger partial charge on any atom is -0.465 e. The van der Waals surface area contributed by atoms with Crippen LogP contribution in [0.3, 0.4) is 0 Å². The standard InChI is InChI=1S/C21H27BrN2O3S/c1-14-11-20(15(2)10-17(14)22)28-13-21(25)23-12-18(19-5-4-16(3)27-19)24-6-8-26-9-7-24/h4-5,10-11,18H,6-9,12-13H2,1-3H3,(H,23,25). The summed E-state index contributed by atoms with van der Waals surface area (Å²) in [6.45, 7) is 9.70. The van der Waals surface area contributed by atoms with Gasteiger partial charge in [-0.15, -0.1) is 11.8 Å². The zero-order valence-electron chi connectivity index (χ0n) is 16.6. The molecule has 1 aromatic heterocycles. The first-order valence-electron chi connectivity index (χ1n) is 9.48. The second-order valence-corrected chi connectivity index (χ2v) is 8.94. The highest BCUT2D eigenvalue weighted by Gasteiger charge is 2.25. The first kappa shape index (κ1) is 21.4. The molecule has 7 heteroatoms. The fourth-order valence-electron chi connectivity index (χ4n) is 3.25. The monoisotopic (exact) mass is 466 g/mol. The topological polar surface area (TPSA) is 54.7 Å². The quantitative estimate of drug-likeness (QED) is 0.618. The largest absolute Gasteiger partial charge is 0.465 e. The number of halogens is 1. The predicted octanol–water partition coefficient (Wildman–Crippen LogP) is 4.25. The fraction of sp³-hybridized carbons (Fsp3) is 0.476. The van der Waals surface area contributed by atoms with Crippen molar-refractivity contribution in [3.05, 3.63) is 51.4 Å². The first-order valence-corrected chi connectivity index (χ1v) is 11.3. The van der Waals surface area contributed by atoms with Gasteiger partial charge in [-0.1, -0.05) is 15.9 Å². The Hall–Kier alpha value is -1.28. The molecule has 152 valence electrons. The summed E-state index contributed by atoms with van der Waals surface area (Å²) in [5, 5.41) is 3.09.